The van der Waals surface area contributed by atoms with Gasteiger partial charge in [-0.1, -0.05) is 0 Å². The molecule has 0 saturated carbocycles. The lowest BCUT2D eigenvalue weighted by Crippen LogP contribution is -2.39. The van der Waals surface area contributed by atoms with Crippen molar-refractivity contribution in [2.75, 3.05) is 35.2 Å². The van der Waals surface area contributed by atoms with Crippen molar-refractivity contribution in [3.05, 3.63) is 61.1 Å². The van der Waals surface area contributed by atoms with E-state index in [4.69, 9.17) is 9.72 Å². The maximum absolute atomic E-state index is 12.1. The van der Waals surface area contributed by atoms with Crippen molar-refractivity contribution in [1.29, 1.82) is 0 Å². The Labute approximate surface area is 174 Å². The Bertz CT molecular complexity index is 1020. The number of urea groups is 1. The zero-order valence-corrected chi connectivity index (χ0v) is 16.4. The number of nitrogens with zero attached hydrogens (tertiary/aromatic N) is 4. The standard InChI is InChI=1S/C22H22N6O2/c29-22(26-18-5-8-23-9-6-18)25-17-3-1-16(2-4-17)21-24-10-7-20(27-21)28-12-15-11-19(13-28)30-14-15/h1-10,15,19H,11-14H2,(H2,23,25,26,29). The van der Waals surface area contributed by atoms with Gasteiger partial charge in [0.1, 0.15) is 5.82 Å². The number of hydrogen-bond donors (Lipinski definition) is 2. The van der Waals surface area contributed by atoms with E-state index in [0.717, 1.165) is 37.5 Å². The van der Waals surface area contributed by atoms with Crippen LogP contribution in [-0.2, 0) is 4.74 Å². The number of piperidine rings is 1. The molecule has 2 unspecified atom stereocenters. The third-order valence-electron chi connectivity index (χ3n) is 5.37. The lowest BCUT2D eigenvalue weighted by molar-refractivity contribution is 0.119. The van der Waals surface area contributed by atoms with Gasteiger partial charge in [0.25, 0.3) is 0 Å². The van der Waals surface area contributed by atoms with Gasteiger partial charge in [0, 0.05) is 54.5 Å². The first-order chi connectivity index (χ1) is 14.7. The highest BCUT2D eigenvalue weighted by molar-refractivity contribution is 5.99. The lowest BCUT2D eigenvalue weighted by Gasteiger charge is -2.31. The largest absolute Gasteiger partial charge is 0.376 e. The number of amides is 2. The van der Waals surface area contributed by atoms with E-state index in [2.05, 4.69) is 25.5 Å². The van der Waals surface area contributed by atoms with E-state index in [9.17, 15) is 4.79 Å². The van der Waals surface area contributed by atoms with Gasteiger partial charge in [0.15, 0.2) is 5.82 Å². The summed E-state index contributed by atoms with van der Waals surface area (Å²) in [5.74, 6) is 2.18. The molecule has 2 fully saturated rings. The summed E-state index contributed by atoms with van der Waals surface area (Å²) >= 11 is 0. The van der Waals surface area contributed by atoms with Gasteiger partial charge in [0.05, 0.1) is 12.7 Å². The molecule has 0 aliphatic carbocycles. The second kappa shape index (κ2) is 8.08. The molecule has 4 heterocycles. The number of hydrogen-bond acceptors (Lipinski definition) is 6. The van der Waals surface area contributed by atoms with Crippen LogP contribution in [0.1, 0.15) is 6.42 Å². The van der Waals surface area contributed by atoms with Gasteiger partial charge in [-0.25, -0.2) is 14.8 Å². The third-order valence-corrected chi connectivity index (χ3v) is 5.37. The third kappa shape index (κ3) is 4.08. The molecule has 5 rings (SSSR count). The van der Waals surface area contributed by atoms with Crippen molar-refractivity contribution >= 4 is 23.2 Å². The van der Waals surface area contributed by atoms with Crippen LogP contribution in [0.4, 0.5) is 22.0 Å². The average Bonchev–Trinajstić information content (AvgIpc) is 3.12. The predicted molar refractivity (Wildman–Crippen MR) is 114 cm³/mol. The number of pyridine rings is 1. The van der Waals surface area contributed by atoms with Gasteiger partial charge in [-0.15, -0.1) is 0 Å². The number of ether oxygens (including phenoxy) is 1. The van der Waals surface area contributed by atoms with Crippen LogP contribution in [0.3, 0.4) is 0 Å². The summed E-state index contributed by atoms with van der Waals surface area (Å²) in [7, 11) is 0. The van der Waals surface area contributed by atoms with Gasteiger partial charge >= 0.3 is 6.03 Å². The number of carbonyl (C=O) groups excluding carboxylic acids is 1. The van der Waals surface area contributed by atoms with Crippen molar-refractivity contribution in [1.82, 2.24) is 15.0 Å². The molecule has 152 valence electrons. The Kier molecular flexibility index (Phi) is 4.98. The van der Waals surface area contributed by atoms with Crippen molar-refractivity contribution < 1.29 is 9.53 Å². The number of anilines is 3. The van der Waals surface area contributed by atoms with Crippen LogP contribution in [0.25, 0.3) is 11.4 Å². The fourth-order valence-electron chi connectivity index (χ4n) is 3.95. The number of fused-ring (bicyclic) bond motifs is 2. The molecule has 2 aliphatic rings. The van der Waals surface area contributed by atoms with E-state index >= 15 is 0 Å². The summed E-state index contributed by atoms with van der Waals surface area (Å²) in [6.45, 7) is 2.70. The highest BCUT2D eigenvalue weighted by Crippen LogP contribution is 2.30. The molecule has 8 heteroatoms. The molecule has 2 atom stereocenters. The fourth-order valence-corrected chi connectivity index (χ4v) is 3.95. The molecule has 30 heavy (non-hydrogen) atoms. The maximum atomic E-state index is 12.1. The van der Waals surface area contributed by atoms with Crippen LogP contribution in [0, 0.1) is 5.92 Å². The molecular weight excluding hydrogens is 380 g/mol. The van der Waals surface area contributed by atoms with E-state index in [1.807, 2.05) is 30.3 Å². The van der Waals surface area contributed by atoms with E-state index in [-0.39, 0.29) is 6.03 Å². The van der Waals surface area contributed by atoms with Gasteiger partial charge in [-0.2, -0.15) is 0 Å². The predicted octanol–water partition coefficient (Wildman–Crippen LogP) is 3.41. The first kappa shape index (κ1) is 18.5. The van der Waals surface area contributed by atoms with Crippen LogP contribution in [0.15, 0.2) is 61.1 Å². The molecule has 1 aromatic carbocycles. The van der Waals surface area contributed by atoms with Crippen LogP contribution in [0.5, 0.6) is 0 Å². The highest BCUT2D eigenvalue weighted by Gasteiger charge is 2.34. The zero-order valence-electron chi connectivity index (χ0n) is 16.4. The summed E-state index contributed by atoms with van der Waals surface area (Å²) in [6.07, 6.45) is 6.51. The Morgan fingerprint density at radius 1 is 0.967 bits per heavy atom. The van der Waals surface area contributed by atoms with Crippen LogP contribution in [0.2, 0.25) is 0 Å². The second-order valence-corrected chi connectivity index (χ2v) is 7.59. The molecule has 0 spiro atoms. The molecule has 3 aromatic rings. The molecule has 2 amide bonds. The Morgan fingerprint density at radius 3 is 2.50 bits per heavy atom. The quantitative estimate of drug-likeness (QED) is 0.695. The molecule has 8 nitrogen and oxygen atoms in total. The van der Waals surface area contributed by atoms with E-state index in [1.165, 1.54) is 0 Å². The molecule has 2 aliphatic heterocycles. The second-order valence-electron chi connectivity index (χ2n) is 7.59. The minimum Gasteiger partial charge on any atom is -0.376 e. The Morgan fingerprint density at radius 2 is 1.73 bits per heavy atom. The summed E-state index contributed by atoms with van der Waals surface area (Å²) < 4.78 is 5.80. The van der Waals surface area contributed by atoms with E-state index in [0.29, 0.717) is 29.2 Å². The number of benzene rings is 1. The van der Waals surface area contributed by atoms with Crippen LogP contribution < -0.4 is 15.5 Å². The topological polar surface area (TPSA) is 92.3 Å². The molecular formula is C22H22N6O2. The van der Waals surface area contributed by atoms with Crippen molar-refractivity contribution in [3.8, 4) is 11.4 Å². The summed E-state index contributed by atoms with van der Waals surface area (Å²) in [5, 5.41) is 5.58. The molecule has 0 radical (unpaired) electrons. The zero-order chi connectivity index (χ0) is 20.3. The highest BCUT2D eigenvalue weighted by atomic mass is 16.5. The smallest absolute Gasteiger partial charge is 0.323 e. The lowest BCUT2D eigenvalue weighted by atomic mass is 10.0. The minimum absolute atomic E-state index is 0.311. The maximum Gasteiger partial charge on any atom is 0.323 e. The van der Waals surface area contributed by atoms with Gasteiger partial charge in [-0.05, 0) is 48.9 Å². The van der Waals surface area contributed by atoms with Crippen molar-refractivity contribution in [2.45, 2.75) is 12.5 Å². The monoisotopic (exact) mass is 402 g/mol. The summed E-state index contributed by atoms with van der Waals surface area (Å²) in [5.41, 5.74) is 2.26. The molecule has 2 N–H and O–H groups in total. The normalized spacial score (nSPS) is 20.1. The van der Waals surface area contributed by atoms with Crippen LogP contribution >= 0.6 is 0 Å². The number of aromatic nitrogens is 3. The van der Waals surface area contributed by atoms with Gasteiger partial charge in [0.2, 0.25) is 0 Å². The minimum atomic E-state index is -0.311. The Hall–Kier alpha value is -3.52. The summed E-state index contributed by atoms with van der Waals surface area (Å²) in [6, 6.07) is 12.6. The fraction of sp³-hybridized carbons (Fsp3) is 0.273. The van der Waals surface area contributed by atoms with Crippen molar-refractivity contribution in [3.63, 3.8) is 0 Å². The SMILES string of the molecule is O=C(Nc1ccncc1)Nc1ccc(-c2nccc(N3CC4COC(C4)C3)n2)cc1. The molecule has 2 saturated heterocycles. The molecule has 2 aromatic heterocycles. The Balaban J connectivity index is 1.26. The van der Waals surface area contributed by atoms with Gasteiger partial charge < -0.3 is 20.3 Å². The molecule has 2 bridgehead atoms. The summed E-state index contributed by atoms with van der Waals surface area (Å²) in [4.78, 5) is 27.5. The number of nitrogens with one attached hydrogen (secondary N) is 2. The first-order valence-corrected chi connectivity index (χ1v) is 10.0. The number of carbonyl (C=O) groups is 1. The van der Waals surface area contributed by atoms with Crippen molar-refractivity contribution in [2.24, 2.45) is 5.92 Å². The average molecular weight is 402 g/mol. The van der Waals surface area contributed by atoms with E-state index < -0.39 is 0 Å². The van der Waals surface area contributed by atoms with Gasteiger partial charge in [-0.3, -0.25) is 4.98 Å². The first-order valence-electron chi connectivity index (χ1n) is 10.0. The number of rotatable bonds is 4. The van der Waals surface area contributed by atoms with E-state index in [1.54, 1.807) is 30.7 Å². The van der Waals surface area contributed by atoms with Crippen LogP contribution in [-0.4, -0.2) is 46.8 Å².